The molecule has 0 heterocycles. The number of hydrogen-bond donors (Lipinski definition) is 1. The van der Waals surface area contributed by atoms with Crippen molar-refractivity contribution in [1.82, 2.24) is 15.1 Å². The minimum atomic E-state index is 0.158. The summed E-state index contributed by atoms with van der Waals surface area (Å²) in [6.45, 7) is 9.67. The van der Waals surface area contributed by atoms with Gasteiger partial charge in [-0.05, 0) is 33.1 Å². The molecule has 1 N–H and O–H groups in total. The Morgan fingerprint density at radius 2 is 1.90 bits per heavy atom. The van der Waals surface area contributed by atoms with E-state index in [-0.39, 0.29) is 5.91 Å². The quantitative estimate of drug-likeness (QED) is 0.543. The van der Waals surface area contributed by atoms with Crippen molar-refractivity contribution >= 4 is 11.9 Å². The summed E-state index contributed by atoms with van der Waals surface area (Å²) in [5.74, 6) is 1.89. The van der Waals surface area contributed by atoms with E-state index >= 15 is 0 Å². The van der Waals surface area contributed by atoms with Gasteiger partial charge in [-0.15, -0.1) is 0 Å². The maximum absolute atomic E-state index is 12.1. The van der Waals surface area contributed by atoms with Crippen molar-refractivity contribution in [1.29, 1.82) is 0 Å². The summed E-state index contributed by atoms with van der Waals surface area (Å²) in [4.78, 5) is 20.5. The molecule has 0 spiro atoms. The van der Waals surface area contributed by atoms with Crippen LogP contribution >= 0.6 is 0 Å². The Morgan fingerprint density at radius 3 is 2.40 bits per heavy atom. The van der Waals surface area contributed by atoms with E-state index in [1.165, 1.54) is 19.3 Å². The molecule has 1 rings (SSSR count). The summed E-state index contributed by atoms with van der Waals surface area (Å²) in [6, 6.07) is 0. The van der Waals surface area contributed by atoms with Crippen LogP contribution < -0.4 is 5.32 Å². The molecule has 0 unspecified atom stereocenters. The van der Waals surface area contributed by atoms with Crippen LogP contribution in [0.5, 0.6) is 0 Å². The van der Waals surface area contributed by atoms with E-state index in [4.69, 9.17) is 0 Å². The highest BCUT2D eigenvalue weighted by atomic mass is 16.2. The fourth-order valence-corrected chi connectivity index (χ4v) is 2.18. The largest absolute Gasteiger partial charge is 0.357 e. The Hall–Kier alpha value is -1.26. The van der Waals surface area contributed by atoms with Gasteiger partial charge in [0.25, 0.3) is 0 Å². The molecule has 20 heavy (non-hydrogen) atoms. The molecule has 0 aromatic carbocycles. The summed E-state index contributed by atoms with van der Waals surface area (Å²) in [7, 11) is 1.93. The van der Waals surface area contributed by atoms with Gasteiger partial charge in [0.15, 0.2) is 5.96 Å². The number of guanidine groups is 1. The molecule has 5 heteroatoms. The molecule has 1 fully saturated rings. The highest BCUT2D eigenvalue weighted by Crippen LogP contribution is 2.32. The van der Waals surface area contributed by atoms with Crippen LogP contribution in [0.25, 0.3) is 0 Å². The normalized spacial score (nSPS) is 15.1. The number of nitrogens with zero attached hydrogens (tertiary/aromatic N) is 3. The van der Waals surface area contributed by atoms with E-state index < -0.39 is 0 Å². The van der Waals surface area contributed by atoms with Gasteiger partial charge in [0, 0.05) is 33.2 Å². The minimum Gasteiger partial charge on any atom is -0.357 e. The Labute approximate surface area is 123 Å². The average Bonchev–Trinajstić information content (AvgIpc) is 3.23. The monoisotopic (exact) mass is 282 g/mol. The summed E-state index contributed by atoms with van der Waals surface area (Å²) in [5.41, 5.74) is 0. The van der Waals surface area contributed by atoms with Crippen molar-refractivity contribution in [2.24, 2.45) is 10.9 Å². The van der Waals surface area contributed by atoms with Crippen LogP contribution in [0.4, 0.5) is 0 Å². The number of nitrogens with one attached hydrogen (secondary N) is 1. The zero-order valence-corrected chi connectivity index (χ0v) is 13.5. The van der Waals surface area contributed by atoms with Crippen molar-refractivity contribution in [2.45, 2.75) is 40.0 Å². The molecule has 0 aromatic heterocycles. The van der Waals surface area contributed by atoms with Crippen LogP contribution in [0.3, 0.4) is 0 Å². The van der Waals surface area contributed by atoms with Crippen LogP contribution in [0.2, 0.25) is 0 Å². The van der Waals surface area contributed by atoms with Gasteiger partial charge in [-0.3, -0.25) is 9.79 Å². The second-order valence-corrected chi connectivity index (χ2v) is 5.39. The summed E-state index contributed by atoms with van der Waals surface area (Å²) >= 11 is 0. The van der Waals surface area contributed by atoms with Gasteiger partial charge >= 0.3 is 0 Å². The number of aliphatic imine (C=N–C) groups is 1. The smallest absolute Gasteiger partial charge is 0.242 e. The van der Waals surface area contributed by atoms with Gasteiger partial charge in [0.1, 0.15) is 0 Å². The lowest BCUT2D eigenvalue weighted by molar-refractivity contribution is -0.131. The highest BCUT2D eigenvalue weighted by molar-refractivity contribution is 5.86. The molecule has 0 aromatic rings. The fourth-order valence-electron chi connectivity index (χ4n) is 2.18. The van der Waals surface area contributed by atoms with Crippen molar-refractivity contribution < 1.29 is 4.79 Å². The molecular weight excluding hydrogens is 252 g/mol. The summed E-state index contributed by atoms with van der Waals surface area (Å²) < 4.78 is 0. The first-order chi connectivity index (χ1) is 9.62. The number of amides is 1. The Balaban J connectivity index is 2.48. The standard InChI is InChI=1S/C15H30N4O/c1-5-16-15(17-11-10-13-8-9-13)18(4)12-14(20)19(6-2)7-3/h13H,5-12H2,1-4H3,(H,16,17). The molecular formula is C15H30N4O. The molecule has 116 valence electrons. The third-order valence-corrected chi connectivity index (χ3v) is 3.68. The van der Waals surface area contributed by atoms with E-state index in [9.17, 15) is 4.79 Å². The molecule has 1 aliphatic rings. The molecule has 0 radical (unpaired) electrons. The lowest BCUT2D eigenvalue weighted by Gasteiger charge is -2.25. The van der Waals surface area contributed by atoms with Crippen molar-refractivity contribution in [3.8, 4) is 0 Å². The molecule has 0 bridgehead atoms. The molecule has 1 saturated carbocycles. The summed E-state index contributed by atoms with van der Waals surface area (Å²) in [6.07, 6.45) is 3.90. The maximum Gasteiger partial charge on any atom is 0.242 e. The number of hydrogen-bond acceptors (Lipinski definition) is 2. The van der Waals surface area contributed by atoms with Gasteiger partial charge in [0.2, 0.25) is 5.91 Å². The van der Waals surface area contributed by atoms with Crippen molar-refractivity contribution in [3.05, 3.63) is 0 Å². The zero-order valence-electron chi connectivity index (χ0n) is 13.5. The lowest BCUT2D eigenvalue weighted by atomic mass is 10.3. The Morgan fingerprint density at radius 1 is 1.25 bits per heavy atom. The molecule has 0 aliphatic heterocycles. The number of likely N-dealkylation sites (N-methyl/N-ethyl adjacent to an activating group) is 2. The van der Waals surface area contributed by atoms with Gasteiger partial charge < -0.3 is 15.1 Å². The third kappa shape index (κ3) is 5.80. The highest BCUT2D eigenvalue weighted by Gasteiger charge is 2.20. The first-order valence-electron chi connectivity index (χ1n) is 7.89. The second kappa shape index (κ2) is 8.82. The molecule has 1 amide bonds. The van der Waals surface area contributed by atoms with E-state index in [0.29, 0.717) is 6.54 Å². The van der Waals surface area contributed by atoms with Crippen LogP contribution in [0.15, 0.2) is 4.99 Å². The van der Waals surface area contributed by atoms with Gasteiger partial charge in [0.05, 0.1) is 6.54 Å². The van der Waals surface area contributed by atoms with Crippen LogP contribution in [-0.2, 0) is 4.79 Å². The predicted molar refractivity (Wildman–Crippen MR) is 83.9 cm³/mol. The summed E-state index contributed by atoms with van der Waals surface area (Å²) in [5, 5.41) is 3.26. The van der Waals surface area contributed by atoms with Crippen molar-refractivity contribution in [2.75, 3.05) is 39.8 Å². The van der Waals surface area contributed by atoms with Gasteiger partial charge in [-0.1, -0.05) is 12.8 Å². The minimum absolute atomic E-state index is 0.158. The topological polar surface area (TPSA) is 47.9 Å². The Bertz CT molecular complexity index is 322. The molecule has 5 nitrogen and oxygen atoms in total. The molecule has 0 atom stereocenters. The number of carbonyl (C=O) groups excluding carboxylic acids is 1. The van der Waals surface area contributed by atoms with Crippen molar-refractivity contribution in [3.63, 3.8) is 0 Å². The Kier molecular flexibility index (Phi) is 7.41. The van der Waals surface area contributed by atoms with E-state index in [1.807, 2.05) is 30.7 Å². The lowest BCUT2D eigenvalue weighted by Crippen LogP contribution is -2.45. The molecule has 0 saturated heterocycles. The average molecular weight is 282 g/mol. The fraction of sp³-hybridized carbons (Fsp3) is 0.867. The van der Waals surface area contributed by atoms with E-state index in [2.05, 4.69) is 17.2 Å². The second-order valence-electron chi connectivity index (χ2n) is 5.39. The van der Waals surface area contributed by atoms with E-state index in [1.54, 1.807) is 0 Å². The van der Waals surface area contributed by atoms with Crippen LogP contribution in [0.1, 0.15) is 40.0 Å². The molecule has 1 aliphatic carbocycles. The first kappa shape index (κ1) is 16.8. The van der Waals surface area contributed by atoms with E-state index in [0.717, 1.165) is 38.1 Å². The van der Waals surface area contributed by atoms with Crippen LogP contribution in [-0.4, -0.2) is 61.4 Å². The maximum atomic E-state index is 12.1. The van der Waals surface area contributed by atoms with Crippen LogP contribution in [0, 0.1) is 5.92 Å². The van der Waals surface area contributed by atoms with Gasteiger partial charge in [-0.25, -0.2) is 0 Å². The zero-order chi connectivity index (χ0) is 15.0. The predicted octanol–water partition coefficient (Wildman–Crippen LogP) is 1.55. The SMILES string of the molecule is CCNC(=NCCC1CC1)N(C)CC(=O)N(CC)CC. The number of carbonyl (C=O) groups is 1. The third-order valence-electron chi connectivity index (χ3n) is 3.68. The van der Waals surface area contributed by atoms with Gasteiger partial charge in [-0.2, -0.15) is 0 Å². The first-order valence-corrected chi connectivity index (χ1v) is 7.89. The number of rotatable bonds is 8.